The molecule has 2 aromatic heterocycles. The van der Waals surface area contributed by atoms with Crippen LogP contribution >= 0.6 is 12.2 Å². The van der Waals surface area contributed by atoms with E-state index in [2.05, 4.69) is 20.6 Å². The molecule has 1 amide bonds. The summed E-state index contributed by atoms with van der Waals surface area (Å²) in [6, 6.07) is 17.4. The number of hydrogen-bond donors (Lipinski definition) is 2. The van der Waals surface area contributed by atoms with E-state index in [1.54, 1.807) is 7.11 Å². The number of aromatic nitrogens is 5. The fourth-order valence-electron chi connectivity index (χ4n) is 3.55. The lowest BCUT2D eigenvalue weighted by Gasteiger charge is -2.09. The van der Waals surface area contributed by atoms with Crippen molar-refractivity contribution in [3.05, 3.63) is 70.8 Å². The molecular weight excluding hydrogens is 424 g/mol. The quantitative estimate of drug-likeness (QED) is 0.408. The molecule has 0 fully saturated rings. The van der Waals surface area contributed by atoms with E-state index in [0.717, 1.165) is 34.1 Å². The topological polar surface area (TPSA) is 89.8 Å². The normalized spacial score (nSPS) is 10.8. The zero-order valence-electron chi connectivity index (χ0n) is 18.1. The van der Waals surface area contributed by atoms with Gasteiger partial charge in [-0.2, -0.15) is 10.2 Å². The van der Waals surface area contributed by atoms with Gasteiger partial charge in [0.2, 0.25) is 5.91 Å². The molecule has 2 aromatic carbocycles. The van der Waals surface area contributed by atoms with Gasteiger partial charge < -0.3 is 10.1 Å². The van der Waals surface area contributed by atoms with Crippen LogP contribution < -0.4 is 10.1 Å². The number of nitrogens with one attached hydrogen (secondary N) is 2. The Bertz CT molecular complexity index is 1290. The Morgan fingerprint density at radius 3 is 2.53 bits per heavy atom. The number of rotatable bonds is 7. The third-order valence-electron chi connectivity index (χ3n) is 5.23. The first-order valence-electron chi connectivity index (χ1n) is 10.2. The van der Waals surface area contributed by atoms with Crippen LogP contribution in [0.1, 0.15) is 17.8 Å². The Labute approximate surface area is 190 Å². The highest BCUT2D eigenvalue weighted by Crippen LogP contribution is 2.24. The standard InChI is InChI=1S/C23H24N6O2S/c1-15-21(16(2)29(27-15)18-7-5-4-6-8-18)24-20(30)13-14-28-22(25-26-23(28)32)17-9-11-19(31-3)12-10-17/h4-12H,13-14H2,1-3H3,(H,24,30)(H,26,32). The van der Waals surface area contributed by atoms with Gasteiger partial charge in [-0.25, -0.2) is 4.68 Å². The van der Waals surface area contributed by atoms with Crippen molar-refractivity contribution in [3.63, 3.8) is 0 Å². The van der Waals surface area contributed by atoms with E-state index in [9.17, 15) is 4.79 Å². The lowest BCUT2D eigenvalue weighted by atomic mass is 10.2. The second-order valence-corrected chi connectivity index (χ2v) is 7.71. The monoisotopic (exact) mass is 448 g/mol. The van der Waals surface area contributed by atoms with Crippen molar-refractivity contribution in [2.45, 2.75) is 26.8 Å². The maximum Gasteiger partial charge on any atom is 0.226 e. The molecule has 0 radical (unpaired) electrons. The number of anilines is 1. The van der Waals surface area contributed by atoms with Crippen molar-refractivity contribution in [3.8, 4) is 22.8 Å². The van der Waals surface area contributed by atoms with Crippen LogP contribution in [0.2, 0.25) is 0 Å². The zero-order valence-corrected chi connectivity index (χ0v) is 18.9. The molecule has 9 heteroatoms. The van der Waals surface area contributed by atoms with E-state index in [4.69, 9.17) is 17.0 Å². The molecule has 32 heavy (non-hydrogen) atoms. The highest BCUT2D eigenvalue weighted by molar-refractivity contribution is 7.71. The van der Waals surface area contributed by atoms with E-state index < -0.39 is 0 Å². The number of amides is 1. The molecular formula is C23H24N6O2S. The summed E-state index contributed by atoms with van der Waals surface area (Å²) in [5.74, 6) is 1.32. The Morgan fingerprint density at radius 2 is 1.84 bits per heavy atom. The molecule has 0 aliphatic rings. The summed E-state index contributed by atoms with van der Waals surface area (Å²) in [6.07, 6.45) is 0.242. The van der Waals surface area contributed by atoms with Gasteiger partial charge in [-0.05, 0) is 62.5 Å². The largest absolute Gasteiger partial charge is 0.497 e. The second-order valence-electron chi connectivity index (χ2n) is 7.32. The fraction of sp³-hybridized carbons (Fsp3) is 0.217. The van der Waals surface area contributed by atoms with Crippen LogP contribution in [-0.2, 0) is 11.3 Å². The van der Waals surface area contributed by atoms with E-state index in [1.807, 2.05) is 77.7 Å². The number of aryl methyl sites for hydroxylation is 1. The summed E-state index contributed by atoms with van der Waals surface area (Å²) in [4.78, 5) is 12.8. The minimum atomic E-state index is -0.118. The van der Waals surface area contributed by atoms with Crippen LogP contribution in [0.5, 0.6) is 5.75 Å². The first kappa shape index (κ1) is 21.5. The van der Waals surface area contributed by atoms with Crippen molar-refractivity contribution in [1.29, 1.82) is 0 Å². The molecule has 2 N–H and O–H groups in total. The van der Waals surface area contributed by atoms with Crippen LogP contribution in [0.4, 0.5) is 5.69 Å². The van der Waals surface area contributed by atoms with Gasteiger partial charge in [0, 0.05) is 18.5 Å². The number of carbonyl (C=O) groups excluding carboxylic acids is 1. The predicted molar refractivity (Wildman–Crippen MR) is 126 cm³/mol. The van der Waals surface area contributed by atoms with Gasteiger partial charge in [0.1, 0.15) is 5.75 Å². The van der Waals surface area contributed by atoms with Gasteiger partial charge in [0.05, 0.1) is 29.9 Å². The third-order valence-corrected chi connectivity index (χ3v) is 5.54. The first-order chi connectivity index (χ1) is 15.5. The molecule has 4 rings (SSSR count). The number of hydrogen-bond acceptors (Lipinski definition) is 5. The Morgan fingerprint density at radius 1 is 1.12 bits per heavy atom. The number of para-hydroxylation sites is 1. The van der Waals surface area contributed by atoms with Crippen molar-refractivity contribution in [2.24, 2.45) is 0 Å². The molecule has 0 spiro atoms. The maximum absolute atomic E-state index is 12.8. The van der Waals surface area contributed by atoms with Gasteiger partial charge in [-0.3, -0.25) is 14.5 Å². The van der Waals surface area contributed by atoms with Crippen LogP contribution in [0.15, 0.2) is 54.6 Å². The molecule has 4 aromatic rings. The highest BCUT2D eigenvalue weighted by Gasteiger charge is 2.16. The highest BCUT2D eigenvalue weighted by atomic mass is 32.1. The van der Waals surface area contributed by atoms with Gasteiger partial charge in [-0.15, -0.1) is 0 Å². The molecule has 0 aliphatic carbocycles. The molecule has 0 saturated carbocycles. The predicted octanol–water partition coefficient (Wildman–Crippen LogP) is 4.45. The van der Waals surface area contributed by atoms with Crippen LogP contribution in [0.25, 0.3) is 17.1 Å². The van der Waals surface area contributed by atoms with Crippen molar-refractivity contribution in [1.82, 2.24) is 24.5 Å². The summed E-state index contributed by atoms with van der Waals surface area (Å²) in [6.45, 7) is 4.22. The Kier molecular flexibility index (Phi) is 6.18. The number of ether oxygens (including phenoxy) is 1. The average Bonchev–Trinajstić information content (AvgIpc) is 3.32. The number of aromatic amines is 1. The van der Waals surface area contributed by atoms with Crippen LogP contribution in [-0.4, -0.2) is 37.6 Å². The van der Waals surface area contributed by atoms with Crippen LogP contribution in [0.3, 0.4) is 0 Å². The molecule has 164 valence electrons. The number of H-pyrrole nitrogens is 1. The minimum Gasteiger partial charge on any atom is -0.497 e. The Hall–Kier alpha value is -3.72. The van der Waals surface area contributed by atoms with Crippen LogP contribution in [0, 0.1) is 18.6 Å². The summed E-state index contributed by atoms with van der Waals surface area (Å²) in [5.41, 5.74) is 4.20. The van der Waals surface area contributed by atoms with Crippen molar-refractivity contribution >= 4 is 23.8 Å². The van der Waals surface area contributed by atoms with E-state index >= 15 is 0 Å². The summed E-state index contributed by atoms with van der Waals surface area (Å²) in [7, 11) is 1.62. The first-order valence-corrected chi connectivity index (χ1v) is 10.6. The number of carbonyl (C=O) groups is 1. The molecule has 0 saturated heterocycles. The van der Waals surface area contributed by atoms with Gasteiger partial charge in [0.15, 0.2) is 10.6 Å². The summed E-state index contributed by atoms with van der Waals surface area (Å²) in [5, 5.41) is 14.7. The van der Waals surface area contributed by atoms with E-state index in [0.29, 0.717) is 17.1 Å². The SMILES string of the molecule is COc1ccc(-c2n[nH]c(=S)n2CCC(=O)Nc2c(C)nn(-c3ccccc3)c2C)cc1. The molecule has 2 heterocycles. The molecule has 0 atom stereocenters. The molecule has 0 bridgehead atoms. The molecule has 0 unspecified atom stereocenters. The number of benzene rings is 2. The number of methoxy groups -OCH3 is 1. The summed E-state index contributed by atoms with van der Waals surface area (Å²) >= 11 is 5.38. The Balaban J connectivity index is 1.48. The zero-order chi connectivity index (χ0) is 22.7. The average molecular weight is 449 g/mol. The summed E-state index contributed by atoms with van der Waals surface area (Å²) < 4.78 is 9.33. The van der Waals surface area contributed by atoms with Crippen molar-refractivity contribution in [2.75, 3.05) is 12.4 Å². The van der Waals surface area contributed by atoms with Gasteiger partial charge in [0.25, 0.3) is 0 Å². The lowest BCUT2D eigenvalue weighted by molar-refractivity contribution is -0.116. The lowest BCUT2D eigenvalue weighted by Crippen LogP contribution is -2.16. The number of nitrogens with zero attached hydrogens (tertiary/aromatic N) is 4. The molecule has 8 nitrogen and oxygen atoms in total. The second kappa shape index (κ2) is 9.19. The van der Waals surface area contributed by atoms with Crippen molar-refractivity contribution < 1.29 is 9.53 Å². The minimum absolute atomic E-state index is 0.118. The maximum atomic E-state index is 12.8. The van der Waals surface area contributed by atoms with E-state index in [1.165, 1.54) is 0 Å². The van der Waals surface area contributed by atoms with E-state index in [-0.39, 0.29) is 12.3 Å². The smallest absolute Gasteiger partial charge is 0.226 e. The fourth-order valence-corrected chi connectivity index (χ4v) is 3.77. The van der Waals surface area contributed by atoms with Gasteiger partial charge in [-0.1, -0.05) is 18.2 Å². The third kappa shape index (κ3) is 4.33. The van der Waals surface area contributed by atoms with Gasteiger partial charge >= 0.3 is 0 Å². The molecule has 0 aliphatic heterocycles.